The lowest BCUT2D eigenvalue weighted by molar-refractivity contribution is 0.237. The van der Waals surface area contributed by atoms with Gasteiger partial charge < -0.3 is 4.90 Å². The highest BCUT2D eigenvalue weighted by Crippen LogP contribution is 2.30. The van der Waals surface area contributed by atoms with Crippen LogP contribution >= 0.6 is 0 Å². The van der Waals surface area contributed by atoms with Gasteiger partial charge in [-0.3, -0.25) is 0 Å². The summed E-state index contributed by atoms with van der Waals surface area (Å²) in [6, 6.07) is 0. The maximum absolute atomic E-state index is 2.51. The Balaban J connectivity index is 2.09. The van der Waals surface area contributed by atoms with E-state index in [4.69, 9.17) is 0 Å². The van der Waals surface area contributed by atoms with Crippen LogP contribution in [0, 0.1) is 11.3 Å². The molecule has 1 nitrogen and oxygen atoms in total. The fourth-order valence-corrected chi connectivity index (χ4v) is 1.50. The Bertz CT molecular complexity index is 147. The summed E-state index contributed by atoms with van der Waals surface area (Å²) in [5, 5.41) is 0. The third-order valence-electron chi connectivity index (χ3n) is 3.39. The van der Waals surface area contributed by atoms with Gasteiger partial charge in [0.1, 0.15) is 0 Å². The molecule has 1 aliphatic rings. The molecule has 0 heterocycles. The molecule has 0 unspecified atom stereocenters. The summed E-state index contributed by atoms with van der Waals surface area (Å²) in [4.78, 5) is 2.51. The fourth-order valence-electron chi connectivity index (χ4n) is 1.50. The Labute approximate surface area is 83.5 Å². The van der Waals surface area contributed by atoms with E-state index < -0.39 is 0 Å². The minimum Gasteiger partial charge on any atom is -0.306 e. The van der Waals surface area contributed by atoms with E-state index in [1.807, 2.05) is 0 Å². The molecular formula is C12H25N. The molecule has 0 atom stereocenters. The van der Waals surface area contributed by atoms with Gasteiger partial charge in [0.25, 0.3) is 0 Å². The Morgan fingerprint density at radius 3 is 2.38 bits per heavy atom. The Hall–Kier alpha value is -0.0400. The molecule has 0 spiro atoms. The molecule has 0 aliphatic heterocycles. The van der Waals surface area contributed by atoms with Gasteiger partial charge in [-0.1, -0.05) is 27.2 Å². The first-order valence-corrected chi connectivity index (χ1v) is 5.72. The van der Waals surface area contributed by atoms with E-state index in [0.717, 1.165) is 5.92 Å². The van der Waals surface area contributed by atoms with Crippen molar-refractivity contribution in [1.82, 2.24) is 4.90 Å². The maximum Gasteiger partial charge on any atom is 0.000661 e. The van der Waals surface area contributed by atoms with Gasteiger partial charge in [-0.05, 0) is 44.2 Å². The molecule has 0 aromatic heterocycles. The van der Waals surface area contributed by atoms with Crippen molar-refractivity contribution in [2.75, 3.05) is 20.1 Å². The van der Waals surface area contributed by atoms with E-state index in [1.165, 1.54) is 38.8 Å². The van der Waals surface area contributed by atoms with E-state index >= 15 is 0 Å². The van der Waals surface area contributed by atoms with Crippen LogP contribution in [-0.4, -0.2) is 25.0 Å². The lowest BCUT2D eigenvalue weighted by atomic mass is 9.86. The van der Waals surface area contributed by atoms with E-state index in [-0.39, 0.29) is 0 Å². The third kappa shape index (κ3) is 4.66. The summed E-state index contributed by atoms with van der Waals surface area (Å²) in [6.45, 7) is 9.65. The SMILES string of the molecule is CCC(C)(C)CCN(C)CC1CC1. The summed E-state index contributed by atoms with van der Waals surface area (Å²) >= 11 is 0. The van der Waals surface area contributed by atoms with Crippen LogP contribution in [0.25, 0.3) is 0 Å². The van der Waals surface area contributed by atoms with Crippen molar-refractivity contribution in [3.05, 3.63) is 0 Å². The predicted octanol–water partition coefficient (Wildman–Crippen LogP) is 3.15. The standard InChI is InChI=1S/C12H25N/c1-5-12(2,3)8-9-13(4)10-11-6-7-11/h11H,5-10H2,1-4H3. The average Bonchev–Trinajstić information content (AvgIpc) is 2.85. The first-order valence-electron chi connectivity index (χ1n) is 5.72. The number of hydrogen-bond acceptors (Lipinski definition) is 1. The van der Waals surface area contributed by atoms with Crippen LogP contribution in [0.1, 0.15) is 46.5 Å². The summed E-state index contributed by atoms with van der Waals surface area (Å²) in [7, 11) is 2.27. The van der Waals surface area contributed by atoms with Gasteiger partial charge in [-0.2, -0.15) is 0 Å². The Morgan fingerprint density at radius 2 is 1.92 bits per heavy atom. The van der Waals surface area contributed by atoms with E-state index in [2.05, 4.69) is 32.7 Å². The highest BCUT2D eigenvalue weighted by molar-refractivity contribution is 4.77. The minimum atomic E-state index is 0.539. The van der Waals surface area contributed by atoms with Gasteiger partial charge in [0.15, 0.2) is 0 Å². The molecule has 0 aromatic carbocycles. The molecule has 0 radical (unpaired) electrons. The first kappa shape index (κ1) is 11.0. The van der Waals surface area contributed by atoms with Gasteiger partial charge in [0, 0.05) is 6.54 Å². The van der Waals surface area contributed by atoms with Crippen molar-refractivity contribution in [2.24, 2.45) is 11.3 Å². The second kappa shape index (κ2) is 4.45. The molecule has 1 saturated carbocycles. The van der Waals surface area contributed by atoms with Crippen LogP contribution in [0.2, 0.25) is 0 Å². The zero-order chi connectivity index (χ0) is 9.90. The summed E-state index contributed by atoms with van der Waals surface area (Å²) in [6.07, 6.45) is 5.58. The third-order valence-corrected chi connectivity index (χ3v) is 3.39. The summed E-state index contributed by atoms with van der Waals surface area (Å²) in [5.41, 5.74) is 0.539. The molecular weight excluding hydrogens is 158 g/mol. The van der Waals surface area contributed by atoms with Crippen LogP contribution in [0.5, 0.6) is 0 Å². The molecule has 78 valence electrons. The van der Waals surface area contributed by atoms with Gasteiger partial charge in [0.05, 0.1) is 0 Å². The van der Waals surface area contributed by atoms with Crippen LogP contribution in [0.3, 0.4) is 0 Å². The molecule has 1 aliphatic carbocycles. The second-order valence-corrected chi connectivity index (χ2v) is 5.47. The van der Waals surface area contributed by atoms with Gasteiger partial charge >= 0.3 is 0 Å². The van der Waals surface area contributed by atoms with Crippen molar-refractivity contribution in [2.45, 2.75) is 46.5 Å². The van der Waals surface area contributed by atoms with Crippen molar-refractivity contribution in [1.29, 1.82) is 0 Å². The molecule has 0 bridgehead atoms. The lowest BCUT2D eigenvalue weighted by Gasteiger charge is -2.26. The van der Waals surface area contributed by atoms with Crippen LogP contribution in [-0.2, 0) is 0 Å². The number of rotatable bonds is 6. The average molecular weight is 183 g/mol. The minimum absolute atomic E-state index is 0.539. The Morgan fingerprint density at radius 1 is 1.31 bits per heavy atom. The quantitative estimate of drug-likeness (QED) is 0.611. The number of hydrogen-bond donors (Lipinski definition) is 0. The zero-order valence-electron chi connectivity index (χ0n) is 9.77. The van der Waals surface area contributed by atoms with Gasteiger partial charge in [-0.15, -0.1) is 0 Å². The predicted molar refractivity (Wildman–Crippen MR) is 58.9 cm³/mol. The van der Waals surface area contributed by atoms with Gasteiger partial charge in [0.2, 0.25) is 0 Å². The largest absolute Gasteiger partial charge is 0.306 e. The van der Waals surface area contributed by atoms with Crippen LogP contribution in [0.4, 0.5) is 0 Å². The molecule has 0 aromatic rings. The first-order chi connectivity index (χ1) is 6.03. The van der Waals surface area contributed by atoms with Crippen molar-refractivity contribution >= 4 is 0 Å². The summed E-state index contributed by atoms with van der Waals surface area (Å²) < 4.78 is 0. The zero-order valence-corrected chi connectivity index (χ0v) is 9.77. The molecule has 0 saturated heterocycles. The van der Waals surface area contributed by atoms with E-state index in [1.54, 1.807) is 0 Å². The molecule has 0 N–H and O–H groups in total. The van der Waals surface area contributed by atoms with Crippen molar-refractivity contribution in [3.8, 4) is 0 Å². The molecule has 13 heavy (non-hydrogen) atoms. The summed E-state index contributed by atoms with van der Waals surface area (Å²) in [5.74, 6) is 1.04. The molecule has 1 rings (SSSR count). The smallest absolute Gasteiger partial charge is 0.000661 e. The maximum atomic E-state index is 2.51. The van der Waals surface area contributed by atoms with Crippen LogP contribution in [0.15, 0.2) is 0 Å². The van der Waals surface area contributed by atoms with Gasteiger partial charge in [-0.25, -0.2) is 0 Å². The number of nitrogens with zero attached hydrogens (tertiary/aromatic N) is 1. The monoisotopic (exact) mass is 183 g/mol. The lowest BCUT2D eigenvalue weighted by Crippen LogP contribution is -2.26. The van der Waals surface area contributed by atoms with Crippen LogP contribution < -0.4 is 0 Å². The van der Waals surface area contributed by atoms with Crippen molar-refractivity contribution in [3.63, 3.8) is 0 Å². The second-order valence-electron chi connectivity index (χ2n) is 5.47. The topological polar surface area (TPSA) is 3.24 Å². The molecule has 1 heteroatoms. The molecule has 0 amide bonds. The van der Waals surface area contributed by atoms with Crippen molar-refractivity contribution < 1.29 is 0 Å². The molecule has 1 fully saturated rings. The Kier molecular flexibility index (Phi) is 3.78. The normalized spacial score (nSPS) is 18.2. The van der Waals surface area contributed by atoms with E-state index in [9.17, 15) is 0 Å². The highest BCUT2D eigenvalue weighted by Gasteiger charge is 2.23. The van der Waals surface area contributed by atoms with E-state index in [0.29, 0.717) is 5.41 Å². The fraction of sp³-hybridized carbons (Fsp3) is 1.00. The highest BCUT2D eigenvalue weighted by atomic mass is 15.1.